The van der Waals surface area contributed by atoms with E-state index < -0.39 is 0 Å². The first-order valence-electron chi connectivity index (χ1n) is 10.3. The van der Waals surface area contributed by atoms with Gasteiger partial charge in [0.1, 0.15) is 5.75 Å². The average Bonchev–Trinajstić information content (AvgIpc) is 3.19. The van der Waals surface area contributed by atoms with Crippen LogP contribution in [0.1, 0.15) is 48.9 Å². The normalized spacial score (nSPS) is 24.4. The van der Waals surface area contributed by atoms with Crippen LogP contribution in [-0.4, -0.2) is 67.1 Å². The summed E-state index contributed by atoms with van der Waals surface area (Å²) in [5.74, 6) is 0.998. The third-order valence-corrected chi connectivity index (χ3v) is 6.05. The van der Waals surface area contributed by atoms with Crippen LogP contribution in [0.15, 0.2) is 24.3 Å². The number of nitrogens with zero attached hydrogens (tertiary/aromatic N) is 2. The van der Waals surface area contributed by atoms with Crippen molar-refractivity contribution in [2.75, 3.05) is 39.3 Å². The summed E-state index contributed by atoms with van der Waals surface area (Å²) in [5.41, 5.74) is 0.763. The van der Waals surface area contributed by atoms with Crippen molar-refractivity contribution in [2.45, 2.75) is 50.7 Å². The summed E-state index contributed by atoms with van der Waals surface area (Å²) in [7, 11) is 0. The second-order valence-corrected chi connectivity index (χ2v) is 7.89. The van der Waals surface area contributed by atoms with Crippen LogP contribution in [0.25, 0.3) is 0 Å². The van der Waals surface area contributed by atoms with E-state index in [1.54, 1.807) is 0 Å². The van der Waals surface area contributed by atoms with Gasteiger partial charge >= 0.3 is 0 Å². The van der Waals surface area contributed by atoms with E-state index in [-0.39, 0.29) is 18.3 Å². The summed E-state index contributed by atoms with van der Waals surface area (Å²) in [4.78, 5) is 17.5. The van der Waals surface area contributed by atoms with Crippen LogP contribution in [0.5, 0.6) is 5.75 Å². The number of carbonyl (C=O) groups excluding carboxylic acids is 1. The molecule has 0 radical (unpaired) electrons. The van der Waals surface area contributed by atoms with Gasteiger partial charge in [0.25, 0.3) is 5.91 Å². The van der Waals surface area contributed by atoms with Gasteiger partial charge in [-0.2, -0.15) is 0 Å². The van der Waals surface area contributed by atoms with Crippen molar-refractivity contribution in [3.05, 3.63) is 29.8 Å². The van der Waals surface area contributed by atoms with Crippen molar-refractivity contribution in [2.24, 2.45) is 0 Å². The topological polar surface area (TPSA) is 44.8 Å². The Balaban J connectivity index is 0.00000210. The van der Waals surface area contributed by atoms with E-state index in [1.807, 2.05) is 29.2 Å². The van der Waals surface area contributed by atoms with Gasteiger partial charge in [-0.15, -0.1) is 12.4 Å². The molecule has 150 valence electrons. The van der Waals surface area contributed by atoms with Gasteiger partial charge in [-0.1, -0.05) is 12.5 Å². The molecule has 1 aliphatic carbocycles. The molecule has 0 bridgehead atoms. The lowest BCUT2D eigenvalue weighted by Gasteiger charge is -2.32. The Bertz CT molecular complexity index is 615. The van der Waals surface area contributed by atoms with Crippen molar-refractivity contribution in [3.63, 3.8) is 0 Å². The molecule has 1 saturated carbocycles. The van der Waals surface area contributed by atoms with Crippen molar-refractivity contribution in [3.8, 4) is 5.75 Å². The van der Waals surface area contributed by atoms with E-state index in [9.17, 15) is 4.79 Å². The molecule has 2 aliphatic heterocycles. The Kier molecular flexibility index (Phi) is 7.39. The fourth-order valence-electron chi connectivity index (χ4n) is 4.53. The number of halogens is 1. The molecule has 1 aromatic rings. The minimum Gasteiger partial charge on any atom is -0.490 e. The van der Waals surface area contributed by atoms with E-state index in [1.165, 1.54) is 19.3 Å². The molecule has 0 spiro atoms. The molecular formula is C21H32ClN3O2. The minimum absolute atomic E-state index is 0. The molecule has 3 aliphatic rings. The summed E-state index contributed by atoms with van der Waals surface area (Å²) in [6.45, 7) is 6.03. The molecule has 27 heavy (non-hydrogen) atoms. The SMILES string of the molecule is Cl.O=C(c1cccc(OC2CCCCC2)c1)N1CCC(N2CCNCC2)C1. The Labute approximate surface area is 168 Å². The molecule has 1 atom stereocenters. The number of carbonyl (C=O) groups is 1. The highest BCUT2D eigenvalue weighted by molar-refractivity contribution is 5.94. The maximum Gasteiger partial charge on any atom is 0.254 e. The number of rotatable bonds is 4. The number of nitrogens with one attached hydrogen (secondary N) is 1. The smallest absolute Gasteiger partial charge is 0.254 e. The summed E-state index contributed by atoms with van der Waals surface area (Å²) >= 11 is 0. The zero-order valence-electron chi connectivity index (χ0n) is 16.1. The predicted octanol–water partition coefficient (Wildman–Crippen LogP) is 2.94. The third-order valence-electron chi connectivity index (χ3n) is 6.05. The average molecular weight is 394 g/mol. The Morgan fingerprint density at radius 1 is 1.04 bits per heavy atom. The molecule has 1 aromatic carbocycles. The van der Waals surface area contributed by atoms with E-state index in [0.29, 0.717) is 12.1 Å². The van der Waals surface area contributed by atoms with Gasteiger partial charge in [0.15, 0.2) is 0 Å². The lowest BCUT2D eigenvalue weighted by atomic mass is 9.98. The molecule has 6 heteroatoms. The van der Waals surface area contributed by atoms with Gasteiger partial charge in [0.2, 0.25) is 0 Å². The molecule has 1 amide bonds. The third kappa shape index (κ3) is 5.15. The number of likely N-dealkylation sites (tertiary alicyclic amines) is 1. The summed E-state index contributed by atoms with van der Waals surface area (Å²) in [5, 5.41) is 3.40. The molecule has 2 heterocycles. The summed E-state index contributed by atoms with van der Waals surface area (Å²) in [6.07, 6.45) is 7.51. The van der Waals surface area contributed by atoms with Gasteiger partial charge < -0.3 is 15.0 Å². The Hall–Kier alpha value is -1.30. The van der Waals surface area contributed by atoms with Crippen molar-refractivity contribution < 1.29 is 9.53 Å². The molecule has 1 N–H and O–H groups in total. The molecule has 4 rings (SSSR count). The second-order valence-electron chi connectivity index (χ2n) is 7.89. The molecule has 2 saturated heterocycles. The van der Waals surface area contributed by atoms with Gasteiger partial charge in [-0.3, -0.25) is 9.69 Å². The number of hydrogen-bond acceptors (Lipinski definition) is 4. The van der Waals surface area contributed by atoms with Crippen molar-refractivity contribution >= 4 is 18.3 Å². The fourth-order valence-corrected chi connectivity index (χ4v) is 4.53. The van der Waals surface area contributed by atoms with E-state index in [2.05, 4.69) is 10.2 Å². The van der Waals surface area contributed by atoms with Gasteiger partial charge in [-0.05, 0) is 50.3 Å². The Morgan fingerprint density at radius 2 is 1.81 bits per heavy atom. The number of benzene rings is 1. The van der Waals surface area contributed by atoms with Crippen LogP contribution in [-0.2, 0) is 0 Å². The number of ether oxygens (including phenoxy) is 1. The first-order valence-corrected chi connectivity index (χ1v) is 10.3. The Morgan fingerprint density at radius 3 is 2.59 bits per heavy atom. The zero-order chi connectivity index (χ0) is 17.8. The van der Waals surface area contributed by atoms with Gasteiger partial charge in [-0.25, -0.2) is 0 Å². The number of amides is 1. The highest BCUT2D eigenvalue weighted by Crippen LogP contribution is 2.25. The maximum absolute atomic E-state index is 13.0. The lowest BCUT2D eigenvalue weighted by molar-refractivity contribution is 0.0772. The van der Waals surface area contributed by atoms with Crippen LogP contribution in [0, 0.1) is 0 Å². The fraction of sp³-hybridized carbons (Fsp3) is 0.667. The quantitative estimate of drug-likeness (QED) is 0.854. The summed E-state index contributed by atoms with van der Waals surface area (Å²) in [6, 6.07) is 8.32. The first kappa shape index (κ1) is 20.4. The van der Waals surface area contributed by atoms with Crippen LogP contribution < -0.4 is 10.1 Å². The molecular weight excluding hydrogens is 362 g/mol. The number of piperazine rings is 1. The maximum atomic E-state index is 13.0. The molecule has 0 aromatic heterocycles. The monoisotopic (exact) mass is 393 g/mol. The molecule has 3 fully saturated rings. The van der Waals surface area contributed by atoms with Crippen molar-refractivity contribution in [1.82, 2.24) is 15.1 Å². The zero-order valence-corrected chi connectivity index (χ0v) is 16.9. The molecule has 1 unspecified atom stereocenters. The predicted molar refractivity (Wildman–Crippen MR) is 110 cm³/mol. The van der Waals surface area contributed by atoms with Gasteiger partial charge in [0, 0.05) is 50.9 Å². The van der Waals surface area contributed by atoms with E-state index >= 15 is 0 Å². The lowest BCUT2D eigenvalue weighted by Crippen LogP contribution is -2.49. The van der Waals surface area contributed by atoms with Crippen LogP contribution >= 0.6 is 12.4 Å². The minimum atomic E-state index is 0. The van der Waals surface area contributed by atoms with Crippen LogP contribution in [0.2, 0.25) is 0 Å². The second kappa shape index (κ2) is 9.76. The number of hydrogen-bond donors (Lipinski definition) is 1. The standard InChI is InChI=1S/C21H31N3O2.ClH/c25-21(24-12-9-18(16-24)23-13-10-22-11-14-23)17-5-4-8-20(15-17)26-19-6-2-1-3-7-19;/h4-5,8,15,18-19,22H,1-3,6-7,9-14,16H2;1H. The largest absolute Gasteiger partial charge is 0.490 e. The van der Waals surface area contributed by atoms with Crippen LogP contribution in [0.3, 0.4) is 0 Å². The van der Waals surface area contributed by atoms with Gasteiger partial charge in [0.05, 0.1) is 6.10 Å². The summed E-state index contributed by atoms with van der Waals surface area (Å²) < 4.78 is 6.14. The van der Waals surface area contributed by atoms with Crippen molar-refractivity contribution in [1.29, 1.82) is 0 Å². The highest BCUT2D eigenvalue weighted by Gasteiger charge is 2.31. The molecule has 5 nitrogen and oxygen atoms in total. The van der Waals surface area contributed by atoms with Crippen LogP contribution in [0.4, 0.5) is 0 Å². The first-order chi connectivity index (χ1) is 12.8. The van der Waals surface area contributed by atoms with E-state index in [0.717, 1.165) is 69.8 Å². The van der Waals surface area contributed by atoms with E-state index in [4.69, 9.17) is 4.74 Å². The highest BCUT2D eigenvalue weighted by atomic mass is 35.5.